The predicted octanol–water partition coefficient (Wildman–Crippen LogP) is 3.65. The molecule has 21 heavy (non-hydrogen) atoms. The van der Waals surface area contributed by atoms with Gasteiger partial charge in [0, 0.05) is 24.8 Å². The van der Waals surface area contributed by atoms with Crippen LogP contribution in [0.25, 0.3) is 0 Å². The van der Waals surface area contributed by atoms with Crippen LogP contribution in [0.5, 0.6) is 0 Å². The molecule has 3 heteroatoms. The van der Waals surface area contributed by atoms with Crippen LogP contribution in [0, 0.1) is 0 Å². The Morgan fingerprint density at radius 2 is 1.52 bits per heavy atom. The second-order valence-corrected chi connectivity index (χ2v) is 5.57. The molecule has 0 spiro atoms. The maximum atomic E-state index is 6.08. The lowest BCUT2D eigenvalue weighted by molar-refractivity contribution is 0.301. The minimum absolute atomic E-state index is 0.164. The van der Waals surface area contributed by atoms with Gasteiger partial charge in [0.25, 0.3) is 0 Å². The summed E-state index contributed by atoms with van der Waals surface area (Å²) in [7, 11) is 0. The third-order valence-electron chi connectivity index (χ3n) is 4.30. The third-order valence-corrected chi connectivity index (χ3v) is 4.30. The first kappa shape index (κ1) is 18.0. The molecule has 1 unspecified atom stereocenters. The molecule has 1 atom stereocenters. The zero-order valence-corrected chi connectivity index (χ0v) is 14.3. The lowest BCUT2D eigenvalue weighted by Crippen LogP contribution is -2.30. The van der Waals surface area contributed by atoms with Gasteiger partial charge >= 0.3 is 0 Å². The van der Waals surface area contributed by atoms with Gasteiger partial charge in [-0.25, -0.2) is 0 Å². The number of benzene rings is 1. The largest absolute Gasteiger partial charge is 0.372 e. The second-order valence-electron chi connectivity index (χ2n) is 5.57. The lowest BCUT2D eigenvalue weighted by atomic mass is 10.1. The van der Waals surface area contributed by atoms with Crippen LogP contribution >= 0.6 is 0 Å². The monoisotopic (exact) mass is 291 g/mol. The van der Waals surface area contributed by atoms with E-state index in [1.807, 2.05) is 0 Å². The Hall–Kier alpha value is -1.06. The van der Waals surface area contributed by atoms with E-state index in [1.165, 1.54) is 24.2 Å². The van der Waals surface area contributed by atoms with Crippen LogP contribution in [0.4, 0.5) is 5.69 Å². The van der Waals surface area contributed by atoms with E-state index in [0.29, 0.717) is 0 Å². The van der Waals surface area contributed by atoms with Crippen molar-refractivity contribution in [3.05, 3.63) is 29.8 Å². The summed E-state index contributed by atoms with van der Waals surface area (Å²) in [5.74, 6) is 0. The molecule has 1 aromatic rings. The minimum Gasteiger partial charge on any atom is -0.372 e. The summed E-state index contributed by atoms with van der Waals surface area (Å²) >= 11 is 0. The van der Waals surface area contributed by atoms with Gasteiger partial charge in [-0.2, -0.15) is 0 Å². The maximum absolute atomic E-state index is 6.08. The molecule has 0 aliphatic rings. The van der Waals surface area contributed by atoms with Crippen LogP contribution < -0.4 is 10.6 Å². The SMILES string of the molecule is CCC(N)c1ccc(N(CC)CCCN(CC)CC)cc1. The molecule has 0 aliphatic heterocycles. The Labute approximate surface area is 131 Å². The Kier molecular flexibility index (Phi) is 8.40. The van der Waals surface area contributed by atoms with Crippen molar-refractivity contribution in [3.8, 4) is 0 Å². The number of nitrogens with two attached hydrogens (primary N) is 1. The van der Waals surface area contributed by atoms with Gasteiger partial charge in [-0.05, 0) is 57.1 Å². The van der Waals surface area contributed by atoms with Gasteiger partial charge in [0.2, 0.25) is 0 Å². The van der Waals surface area contributed by atoms with E-state index in [1.54, 1.807) is 0 Å². The molecule has 0 saturated heterocycles. The maximum Gasteiger partial charge on any atom is 0.0366 e. The summed E-state index contributed by atoms with van der Waals surface area (Å²) < 4.78 is 0. The van der Waals surface area contributed by atoms with E-state index < -0.39 is 0 Å². The highest BCUT2D eigenvalue weighted by Crippen LogP contribution is 2.20. The summed E-state index contributed by atoms with van der Waals surface area (Å²) in [6, 6.07) is 8.95. The molecule has 0 aromatic heterocycles. The molecule has 0 saturated carbocycles. The Morgan fingerprint density at radius 3 is 2.00 bits per heavy atom. The number of hydrogen-bond donors (Lipinski definition) is 1. The van der Waals surface area contributed by atoms with Gasteiger partial charge in [-0.15, -0.1) is 0 Å². The van der Waals surface area contributed by atoms with Crippen LogP contribution in [0.15, 0.2) is 24.3 Å². The molecular weight excluding hydrogens is 258 g/mol. The van der Waals surface area contributed by atoms with Gasteiger partial charge in [0.1, 0.15) is 0 Å². The topological polar surface area (TPSA) is 32.5 Å². The van der Waals surface area contributed by atoms with Gasteiger partial charge in [-0.3, -0.25) is 0 Å². The van der Waals surface area contributed by atoms with Crippen LogP contribution in [-0.4, -0.2) is 37.6 Å². The molecule has 3 nitrogen and oxygen atoms in total. The molecule has 1 rings (SSSR count). The standard InChI is InChI=1S/C18H33N3/c1-5-18(19)16-10-12-17(13-11-16)21(8-4)15-9-14-20(6-2)7-3/h10-13,18H,5-9,14-15,19H2,1-4H3. The quantitative estimate of drug-likeness (QED) is 0.714. The average Bonchev–Trinajstić information content (AvgIpc) is 2.55. The Morgan fingerprint density at radius 1 is 0.905 bits per heavy atom. The predicted molar refractivity (Wildman–Crippen MR) is 94.0 cm³/mol. The molecule has 0 bridgehead atoms. The molecular formula is C18H33N3. The van der Waals surface area contributed by atoms with Gasteiger partial charge in [0.05, 0.1) is 0 Å². The molecule has 0 radical (unpaired) electrons. The van der Waals surface area contributed by atoms with E-state index in [-0.39, 0.29) is 6.04 Å². The molecule has 0 heterocycles. The minimum atomic E-state index is 0.164. The van der Waals surface area contributed by atoms with Crippen molar-refractivity contribution >= 4 is 5.69 Å². The summed E-state index contributed by atoms with van der Waals surface area (Å²) in [4.78, 5) is 4.93. The summed E-state index contributed by atoms with van der Waals surface area (Å²) in [5.41, 5.74) is 8.62. The molecule has 0 fully saturated rings. The van der Waals surface area contributed by atoms with E-state index in [0.717, 1.165) is 32.6 Å². The Balaban J connectivity index is 2.55. The van der Waals surface area contributed by atoms with Crippen molar-refractivity contribution in [2.24, 2.45) is 5.73 Å². The number of anilines is 1. The molecule has 0 amide bonds. The average molecular weight is 291 g/mol. The molecule has 120 valence electrons. The van der Waals surface area contributed by atoms with Crippen LogP contribution in [0.3, 0.4) is 0 Å². The van der Waals surface area contributed by atoms with Crippen molar-refractivity contribution in [3.63, 3.8) is 0 Å². The highest BCUT2D eigenvalue weighted by molar-refractivity contribution is 5.47. The van der Waals surface area contributed by atoms with E-state index in [9.17, 15) is 0 Å². The number of nitrogens with zero attached hydrogens (tertiary/aromatic N) is 2. The first-order valence-electron chi connectivity index (χ1n) is 8.48. The van der Waals surface area contributed by atoms with E-state index >= 15 is 0 Å². The van der Waals surface area contributed by atoms with Crippen molar-refractivity contribution in [2.45, 2.75) is 46.6 Å². The van der Waals surface area contributed by atoms with Crippen LogP contribution in [0.2, 0.25) is 0 Å². The summed E-state index contributed by atoms with van der Waals surface area (Å²) in [5, 5.41) is 0. The zero-order chi connectivity index (χ0) is 15.7. The molecule has 0 aliphatic carbocycles. The van der Waals surface area contributed by atoms with Gasteiger partial charge < -0.3 is 15.5 Å². The summed E-state index contributed by atoms with van der Waals surface area (Å²) in [6.45, 7) is 14.5. The second kappa shape index (κ2) is 9.80. The first-order chi connectivity index (χ1) is 10.2. The number of hydrogen-bond acceptors (Lipinski definition) is 3. The highest BCUT2D eigenvalue weighted by atomic mass is 15.1. The normalized spacial score (nSPS) is 12.7. The van der Waals surface area contributed by atoms with Crippen LogP contribution in [-0.2, 0) is 0 Å². The van der Waals surface area contributed by atoms with Crippen molar-refractivity contribution in [2.75, 3.05) is 37.6 Å². The zero-order valence-electron chi connectivity index (χ0n) is 14.3. The van der Waals surface area contributed by atoms with Gasteiger partial charge in [-0.1, -0.05) is 32.9 Å². The molecule has 1 aromatic carbocycles. The number of rotatable bonds is 10. The fourth-order valence-electron chi connectivity index (χ4n) is 2.66. The fraction of sp³-hybridized carbons (Fsp3) is 0.667. The van der Waals surface area contributed by atoms with Gasteiger partial charge in [0.15, 0.2) is 0 Å². The van der Waals surface area contributed by atoms with Crippen LogP contribution in [0.1, 0.15) is 52.1 Å². The smallest absolute Gasteiger partial charge is 0.0366 e. The van der Waals surface area contributed by atoms with Crippen molar-refractivity contribution < 1.29 is 0 Å². The Bertz CT molecular complexity index is 371. The lowest BCUT2D eigenvalue weighted by Gasteiger charge is -2.25. The third kappa shape index (κ3) is 5.68. The van der Waals surface area contributed by atoms with Crippen molar-refractivity contribution in [1.29, 1.82) is 0 Å². The fourth-order valence-corrected chi connectivity index (χ4v) is 2.66. The van der Waals surface area contributed by atoms with E-state index in [2.05, 4.69) is 61.8 Å². The summed E-state index contributed by atoms with van der Waals surface area (Å²) in [6.07, 6.45) is 2.20. The van der Waals surface area contributed by atoms with Crippen molar-refractivity contribution in [1.82, 2.24) is 4.90 Å². The van der Waals surface area contributed by atoms with E-state index in [4.69, 9.17) is 5.73 Å². The highest BCUT2D eigenvalue weighted by Gasteiger charge is 2.07. The molecule has 2 N–H and O–H groups in total. The first-order valence-corrected chi connectivity index (χ1v) is 8.48.